The number of hydrogen-bond acceptors (Lipinski definition) is 1. The molecule has 0 amide bonds. The van der Waals surface area contributed by atoms with Gasteiger partial charge in [0, 0.05) is 21.2 Å². The van der Waals surface area contributed by atoms with Crippen molar-refractivity contribution in [2.45, 2.75) is 6.10 Å². The standard InChI is InChI=1S/C13H8Cl4O/c14-7-4-5-8(11(16)6-7)13(18)9-2-1-3-10(15)12(9)17/h1-6,13,18H. The fourth-order valence-electron chi connectivity index (χ4n) is 1.62. The molecule has 0 radical (unpaired) electrons. The summed E-state index contributed by atoms with van der Waals surface area (Å²) < 4.78 is 0. The van der Waals surface area contributed by atoms with Gasteiger partial charge in [-0.3, -0.25) is 0 Å². The van der Waals surface area contributed by atoms with Crippen LogP contribution in [-0.2, 0) is 0 Å². The van der Waals surface area contributed by atoms with E-state index in [2.05, 4.69) is 0 Å². The van der Waals surface area contributed by atoms with Gasteiger partial charge in [0.1, 0.15) is 6.10 Å². The second-order valence-electron chi connectivity index (χ2n) is 3.71. The molecule has 0 spiro atoms. The maximum Gasteiger partial charge on any atom is 0.107 e. The molecule has 1 unspecified atom stereocenters. The maximum absolute atomic E-state index is 10.3. The first-order valence-electron chi connectivity index (χ1n) is 5.07. The van der Waals surface area contributed by atoms with Crippen molar-refractivity contribution < 1.29 is 5.11 Å². The van der Waals surface area contributed by atoms with Crippen LogP contribution in [0, 0.1) is 0 Å². The van der Waals surface area contributed by atoms with Crippen molar-refractivity contribution in [2.24, 2.45) is 0 Å². The van der Waals surface area contributed by atoms with Crippen molar-refractivity contribution in [3.63, 3.8) is 0 Å². The largest absolute Gasteiger partial charge is 0.384 e. The van der Waals surface area contributed by atoms with Gasteiger partial charge in [0.2, 0.25) is 0 Å². The molecule has 0 bridgehead atoms. The van der Waals surface area contributed by atoms with Crippen LogP contribution in [0.25, 0.3) is 0 Å². The van der Waals surface area contributed by atoms with E-state index >= 15 is 0 Å². The van der Waals surface area contributed by atoms with Crippen molar-refractivity contribution in [2.75, 3.05) is 0 Å². The topological polar surface area (TPSA) is 20.2 Å². The first-order valence-corrected chi connectivity index (χ1v) is 6.59. The predicted octanol–water partition coefficient (Wildman–Crippen LogP) is 5.38. The van der Waals surface area contributed by atoms with Crippen molar-refractivity contribution in [3.8, 4) is 0 Å². The average molecular weight is 322 g/mol. The van der Waals surface area contributed by atoms with Crippen LogP contribution in [0.4, 0.5) is 0 Å². The average Bonchev–Trinajstić information content (AvgIpc) is 2.32. The van der Waals surface area contributed by atoms with Crippen LogP contribution >= 0.6 is 46.4 Å². The minimum atomic E-state index is -0.944. The predicted molar refractivity (Wildman–Crippen MR) is 77.0 cm³/mol. The van der Waals surface area contributed by atoms with Gasteiger partial charge in [-0.1, -0.05) is 64.6 Å². The van der Waals surface area contributed by atoms with E-state index in [1.807, 2.05) is 0 Å². The molecule has 0 aliphatic heterocycles. The molecular formula is C13H8Cl4O. The highest BCUT2D eigenvalue weighted by Crippen LogP contribution is 2.36. The summed E-state index contributed by atoms with van der Waals surface area (Å²) in [5.41, 5.74) is 1.04. The van der Waals surface area contributed by atoms with Gasteiger partial charge in [-0.15, -0.1) is 0 Å². The Bertz CT molecular complexity index is 583. The molecule has 18 heavy (non-hydrogen) atoms. The summed E-state index contributed by atoms with van der Waals surface area (Å²) in [6, 6.07) is 9.96. The summed E-state index contributed by atoms with van der Waals surface area (Å²) >= 11 is 23.8. The molecule has 0 saturated carbocycles. The molecule has 2 rings (SSSR count). The normalized spacial score (nSPS) is 12.5. The lowest BCUT2D eigenvalue weighted by Crippen LogP contribution is -2.01. The molecule has 0 fully saturated rings. The van der Waals surface area contributed by atoms with E-state index in [1.165, 1.54) is 0 Å². The van der Waals surface area contributed by atoms with Gasteiger partial charge >= 0.3 is 0 Å². The zero-order chi connectivity index (χ0) is 13.3. The third-order valence-corrected chi connectivity index (χ3v) is 3.93. The summed E-state index contributed by atoms with van der Waals surface area (Å²) in [5, 5.41) is 11.9. The lowest BCUT2D eigenvalue weighted by Gasteiger charge is -2.15. The van der Waals surface area contributed by atoms with Crippen molar-refractivity contribution in [3.05, 3.63) is 67.6 Å². The van der Waals surface area contributed by atoms with Crippen LogP contribution in [0.1, 0.15) is 17.2 Å². The molecule has 94 valence electrons. The molecule has 1 nitrogen and oxygen atoms in total. The molecule has 2 aromatic rings. The monoisotopic (exact) mass is 320 g/mol. The van der Waals surface area contributed by atoms with Crippen LogP contribution in [0.15, 0.2) is 36.4 Å². The fraction of sp³-hybridized carbons (Fsp3) is 0.0769. The summed E-state index contributed by atoms with van der Waals surface area (Å²) in [7, 11) is 0. The summed E-state index contributed by atoms with van der Waals surface area (Å²) in [4.78, 5) is 0. The van der Waals surface area contributed by atoms with E-state index in [-0.39, 0.29) is 0 Å². The van der Waals surface area contributed by atoms with Gasteiger partial charge in [0.25, 0.3) is 0 Å². The minimum absolute atomic E-state index is 0.317. The molecule has 0 heterocycles. The molecule has 0 saturated heterocycles. The first kappa shape index (κ1) is 14.0. The molecule has 5 heteroatoms. The van der Waals surface area contributed by atoms with Gasteiger partial charge in [-0.05, 0) is 18.2 Å². The van der Waals surface area contributed by atoms with E-state index in [0.717, 1.165) is 0 Å². The van der Waals surface area contributed by atoms with Crippen LogP contribution in [0.3, 0.4) is 0 Å². The quantitative estimate of drug-likeness (QED) is 0.787. The van der Waals surface area contributed by atoms with Gasteiger partial charge in [-0.25, -0.2) is 0 Å². The Morgan fingerprint density at radius 3 is 2.22 bits per heavy atom. The van der Waals surface area contributed by atoms with Crippen LogP contribution in [0.2, 0.25) is 20.1 Å². The number of hydrogen-bond donors (Lipinski definition) is 1. The molecule has 0 aromatic heterocycles. The molecular weight excluding hydrogens is 314 g/mol. The molecule has 1 N–H and O–H groups in total. The smallest absolute Gasteiger partial charge is 0.107 e. The highest BCUT2D eigenvalue weighted by molar-refractivity contribution is 6.42. The van der Waals surface area contributed by atoms with Crippen molar-refractivity contribution >= 4 is 46.4 Å². The zero-order valence-electron chi connectivity index (χ0n) is 9.00. The number of aliphatic hydroxyl groups excluding tert-OH is 1. The zero-order valence-corrected chi connectivity index (χ0v) is 12.0. The lowest BCUT2D eigenvalue weighted by molar-refractivity contribution is 0.220. The highest BCUT2D eigenvalue weighted by Gasteiger charge is 2.18. The Hall–Kier alpha value is -0.440. The number of benzene rings is 2. The SMILES string of the molecule is OC(c1ccc(Cl)cc1Cl)c1cccc(Cl)c1Cl. The van der Waals surface area contributed by atoms with E-state index in [4.69, 9.17) is 46.4 Å². The van der Waals surface area contributed by atoms with Gasteiger partial charge in [-0.2, -0.15) is 0 Å². The maximum atomic E-state index is 10.3. The lowest BCUT2D eigenvalue weighted by atomic mass is 10.0. The Balaban J connectivity index is 2.48. The van der Waals surface area contributed by atoms with E-state index in [0.29, 0.717) is 31.2 Å². The molecule has 0 aliphatic carbocycles. The van der Waals surface area contributed by atoms with E-state index in [1.54, 1.807) is 36.4 Å². The summed E-state index contributed by atoms with van der Waals surface area (Å²) in [6.07, 6.45) is -0.944. The summed E-state index contributed by atoms with van der Waals surface area (Å²) in [6.45, 7) is 0. The highest BCUT2D eigenvalue weighted by atomic mass is 35.5. The van der Waals surface area contributed by atoms with Crippen LogP contribution in [-0.4, -0.2) is 5.11 Å². The molecule has 1 atom stereocenters. The summed E-state index contributed by atoms with van der Waals surface area (Å²) in [5.74, 6) is 0. The van der Waals surface area contributed by atoms with Crippen molar-refractivity contribution in [1.29, 1.82) is 0 Å². The minimum Gasteiger partial charge on any atom is -0.384 e. The second-order valence-corrected chi connectivity index (χ2v) is 5.34. The Morgan fingerprint density at radius 1 is 0.833 bits per heavy atom. The third kappa shape index (κ3) is 2.76. The molecule has 2 aromatic carbocycles. The fourth-order valence-corrected chi connectivity index (χ4v) is 2.55. The third-order valence-electron chi connectivity index (χ3n) is 2.53. The first-order chi connectivity index (χ1) is 8.50. The number of rotatable bonds is 2. The molecule has 0 aliphatic rings. The van der Waals surface area contributed by atoms with Crippen molar-refractivity contribution in [1.82, 2.24) is 0 Å². The van der Waals surface area contributed by atoms with Gasteiger partial charge in [0.05, 0.1) is 10.0 Å². The Kier molecular flexibility index (Phi) is 4.41. The van der Waals surface area contributed by atoms with Crippen LogP contribution < -0.4 is 0 Å². The number of aliphatic hydroxyl groups is 1. The number of halogens is 4. The van der Waals surface area contributed by atoms with E-state index in [9.17, 15) is 5.11 Å². The Labute approximate surface area is 125 Å². The Morgan fingerprint density at radius 2 is 1.56 bits per heavy atom. The van der Waals surface area contributed by atoms with E-state index < -0.39 is 6.10 Å². The van der Waals surface area contributed by atoms with Gasteiger partial charge < -0.3 is 5.11 Å². The van der Waals surface area contributed by atoms with Gasteiger partial charge in [0.15, 0.2) is 0 Å². The van der Waals surface area contributed by atoms with Crippen LogP contribution in [0.5, 0.6) is 0 Å². The second kappa shape index (κ2) is 5.68.